The lowest BCUT2D eigenvalue weighted by atomic mass is 10.3. The van der Waals surface area contributed by atoms with Gasteiger partial charge in [0.25, 0.3) is 5.91 Å². The third-order valence-electron chi connectivity index (χ3n) is 4.06. The minimum Gasteiger partial charge on any atom is -0.482 e. The van der Waals surface area contributed by atoms with Gasteiger partial charge >= 0.3 is 5.97 Å². The Labute approximate surface area is 197 Å². The third kappa shape index (κ3) is 6.09. The van der Waals surface area contributed by atoms with Crippen LogP contribution in [0.3, 0.4) is 0 Å². The number of carbonyl (C=O) groups excluding carboxylic acids is 3. The molecule has 0 aliphatic carbocycles. The summed E-state index contributed by atoms with van der Waals surface area (Å²) in [5, 5.41) is 3.42. The van der Waals surface area contributed by atoms with E-state index in [-0.39, 0.29) is 30.7 Å². The fourth-order valence-electron chi connectivity index (χ4n) is 2.80. The number of nitrogens with one attached hydrogen (secondary N) is 1. The molecule has 0 atom stereocenters. The zero-order valence-corrected chi connectivity index (χ0v) is 19.5. The number of hydrogen-bond acceptors (Lipinski definition) is 6. The van der Waals surface area contributed by atoms with Crippen molar-refractivity contribution < 1.29 is 23.9 Å². The van der Waals surface area contributed by atoms with Gasteiger partial charge in [-0.05, 0) is 43.3 Å². The van der Waals surface area contributed by atoms with Crippen LogP contribution < -0.4 is 14.9 Å². The van der Waals surface area contributed by atoms with Crippen LogP contribution in [-0.4, -0.2) is 35.6 Å². The minimum absolute atomic E-state index is 0.122. The van der Waals surface area contributed by atoms with E-state index in [4.69, 9.17) is 32.7 Å². The topological polar surface area (TPSA) is 99.0 Å². The van der Waals surface area contributed by atoms with E-state index in [2.05, 4.69) is 10.3 Å². The molecule has 0 fully saturated rings. The summed E-state index contributed by atoms with van der Waals surface area (Å²) in [5.41, 5.74) is 1.26. The van der Waals surface area contributed by atoms with Gasteiger partial charge in [-0.15, -0.1) is 0 Å². The Kier molecular flexibility index (Phi) is 7.89. The highest BCUT2D eigenvalue weighted by Crippen LogP contribution is 2.27. The summed E-state index contributed by atoms with van der Waals surface area (Å²) in [5.74, 6) is -0.938. The number of nitrogens with zero attached hydrogens (tertiary/aromatic N) is 2. The van der Waals surface area contributed by atoms with Crippen molar-refractivity contribution >= 4 is 68.2 Å². The molecule has 0 spiro atoms. The van der Waals surface area contributed by atoms with E-state index in [1.165, 1.54) is 24.3 Å². The number of halogens is 2. The third-order valence-corrected chi connectivity index (χ3v) is 5.63. The summed E-state index contributed by atoms with van der Waals surface area (Å²) < 4.78 is 12.8. The van der Waals surface area contributed by atoms with Gasteiger partial charge in [-0.1, -0.05) is 34.5 Å². The van der Waals surface area contributed by atoms with Crippen molar-refractivity contribution in [2.75, 3.05) is 18.5 Å². The lowest BCUT2D eigenvalue weighted by molar-refractivity contribution is -0.143. The second-order valence-electron chi connectivity index (χ2n) is 6.51. The summed E-state index contributed by atoms with van der Waals surface area (Å²) in [6.45, 7) is 2.87. The van der Waals surface area contributed by atoms with Gasteiger partial charge in [0.2, 0.25) is 5.91 Å². The van der Waals surface area contributed by atoms with Crippen molar-refractivity contribution in [1.29, 1.82) is 0 Å². The van der Waals surface area contributed by atoms with Crippen LogP contribution in [0.2, 0.25) is 10.0 Å². The summed E-state index contributed by atoms with van der Waals surface area (Å²) in [6.07, 6.45) is 0. The van der Waals surface area contributed by atoms with Crippen molar-refractivity contribution in [1.82, 2.24) is 4.57 Å². The van der Waals surface area contributed by atoms with Crippen molar-refractivity contribution in [3.8, 4) is 5.75 Å². The molecule has 0 aliphatic heterocycles. The van der Waals surface area contributed by atoms with E-state index in [9.17, 15) is 14.4 Å². The monoisotopic (exact) mass is 495 g/mol. The van der Waals surface area contributed by atoms with Crippen molar-refractivity contribution in [3.05, 3.63) is 51.2 Å². The highest BCUT2D eigenvalue weighted by atomic mass is 35.5. The maximum absolute atomic E-state index is 12.5. The highest BCUT2D eigenvalue weighted by Gasteiger charge is 2.14. The zero-order chi connectivity index (χ0) is 23.3. The molecular weight excluding hydrogens is 477 g/mol. The molecule has 2 aromatic carbocycles. The van der Waals surface area contributed by atoms with Crippen LogP contribution in [0.5, 0.6) is 5.75 Å². The predicted octanol–water partition coefficient (Wildman–Crippen LogP) is 4.04. The Hall–Kier alpha value is -2.88. The van der Waals surface area contributed by atoms with Crippen molar-refractivity contribution in [2.45, 2.75) is 20.4 Å². The summed E-state index contributed by atoms with van der Waals surface area (Å²) >= 11 is 13.1. The second kappa shape index (κ2) is 10.6. The van der Waals surface area contributed by atoms with E-state index >= 15 is 0 Å². The van der Waals surface area contributed by atoms with Gasteiger partial charge in [-0.3, -0.25) is 14.4 Å². The molecule has 0 saturated heterocycles. The molecule has 1 aromatic heterocycles. The number of esters is 1. The fraction of sp³-hybridized carbons (Fsp3) is 0.238. The Balaban J connectivity index is 1.92. The first-order valence-electron chi connectivity index (χ1n) is 9.49. The first-order chi connectivity index (χ1) is 15.3. The van der Waals surface area contributed by atoms with Gasteiger partial charge in [0.15, 0.2) is 11.4 Å². The molecule has 168 valence electrons. The first-order valence-corrected chi connectivity index (χ1v) is 11.1. The number of thiazole rings is 1. The summed E-state index contributed by atoms with van der Waals surface area (Å²) in [6, 6.07) is 9.85. The molecular formula is C21H19Cl2N3O5S. The van der Waals surface area contributed by atoms with Crippen LogP contribution in [0.1, 0.15) is 13.8 Å². The van der Waals surface area contributed by atoms with Gasteiger partial charge in [-0.2, -0.15) is 4.99 Å². The van der Waals surface area contributed by atoms with Gasteiger partial charge < -0.3 is 19.4 Å². The molecule has 8 nitrogen and oxygen atoms in total. The summed E-state index contributed by atoms with van der Waals surface area (Å²) in [7, 11) is 0. The number of fused-ring (bicyclic) bond motifs is 1. The van der Waals surface area contributed by atoms with Crippen LogP contribution in [-0.2, 0) is 25.7 Å². The average molecular weight is 496 g/mol. The number of carbonyl (C=O) groups is 3. The SMILES string of the molecule is CCOC(=O)Cn1c(=NC(=O)COc2ccc(Cl)cc2Cl)sc2cc(NC(C)=O)ccc21. The van der Waals surface area contributed by atoms with E-state index in [1.807, 2.05) is 0 Å². The number of benzene rings is 2. The van der Waals surface area contributed by atoms with Crippen LogP contribution in [0.25, 0.3) is 10.2 Å². The molecule has 11 heteroatoms. The zero-order valence-electron chi connectivity index (χ0n) is 17.2. The molecule has 1 heterocycles. The quantitative estimate of drug-likeness (QED) is 0.498. The Bertz CT molecular complexity index is 1250. The molecule has 0 unspecified atom stereocenters. The molecule has 0 radical (unpaired) electrons. The maximum Gasteiger partial charge on any atom is 0.326 e. The Morgan fingerprint density at radius 2 is 1.94 bits per heavy atom. The van der Waals surface area contributed by atoms with Crippen molar-refractivity contribution in [3.63, 3.8) is 0 Å². The summed E-state index contributed by atoms with van der Waals surface area (Å²) in [4.78, 5) is 40.3. The molecule has 0 saturated carbocycles. The standard InChI is InChI=1S/C21H19Cl2N3O5S/c1-3-30-20(29)10-26-16-6-5-14(24-12(2)27)9-18(16)32-21(26)25-19(28)11-31-17-7-4-13(22)8-15(17)23/h4-9H,3,10-11H2,1-2H3,(H,24,27). The number of hydrogen-bond donors (Lipinski definition) is 1. The predicted molar refractivity (Wildman–Crippen MR) is 123 cm³/mol. The lowest BCUT2D eigenvalue weighted by Crippen LogP contribution is -2.24. The number of rotatable bonds is 7. The normalized spacial score (nSPS) is 11.4. The van der Waals surface area contributed by atoms with E-state index in [1.54, 1.807) is 41.8 Å². The lowest BCUT2D eigenvalue weighted by Gasteiger charge is -2.07. The van der Waals surface area contributed by atoms with E-state index < -0.39 is 11.9 Å². The Morgan fingerprint density at radius 3 is 2.62 bits per heavy atom. The largest absolute Gasteiger partial charge is 0.482 e. The molecule has 1 N–H and O–H groups in total. The molecule has 32 heavy (non-hydrogen) atoms. The fourth-order valence-corrected chi connectivity index (χ4v) is 4.35. The second-order valence-corrected chi connectivity index (χ2v) is 8.36. The first kappa shape index (κ1) is 23.8. The number of aromatic nitrogens is 1. The van der Waals surface area contributed by atoms with Crippen LogP contribution in [0, 0.1) is 0 Å². The molecule has 0 bridgehead atoms. The van der Waals surface area contributed by atoms with E-state index in [0.717, 1.165) is 4.70 Å². The van der Waals surface area contributed by atoms with Gasteiger partial charge in [0, 0.05) is 17.6 Å². The number of amides is 2. The van der Waals surface area contributed by atoms with Crippen LogP contribution >= 0.6 is 34.5 Å². The smallest absolute Gasteiger partial charge is 0.326 e. The van der Waals surface area contributed by atoms with E-state index in [0.29, 0.717) is 26.8 Å². The van der Waals surface area contributed by atoms with Gasteiger partial charge in [0.1, 0.15) is 12.3 Å². The molecule has 2 amide bonds. The maximum atomic E-state index is 12.5. The van der Waals surface area contributed by atoms with Gasteiger partial charge in [0.05, 0.1) is 21.8 Å². The molecule has 3 rings (SSSR count). The molecule has 3 aromatic rings. The number of ether oxygens (including phenoxy) is 2. The molecule has 0 aliphatic rings. The van der Waals surface area contributed by atoms with Crippen LogP contribution in [0.15, 0.2) is 41.4 Å². The minimum atomic E-state index is -0.567. The van der Waals surface area contributed by atoms with Crippen molar-refractivity contribution in [2.24, 2.45) is 4.99 Å². The highest BCUT2D eigenvalue weighted by molar-refractivity contribution is 7.16. The average Bonchev–Trinajstić information content (AvgIpc) is 3.03. The Morgan fingerprint density at radius 1 is 1.16 bits per heavy atom. The van der Waals surface area contributed by atoms with Crippen LogP contribution in [0.4, 0.5) is 5.69 Å². The van der Waals surface area contributed by atoms with Gasteiger partial charge in [-0.25, -0.2) is 0 Å². The number of anilines is 1.